The predicted molar refractivity (Wildman–Crippen MR) is 144 cm³/mol. The van der Waals surface area contributed by atoms with Crippen LogP contribution in [0.4, 0.5) is 5.69 Å². The highest BCUT2D eigenvalue weighted by Gasteiger charge is 2.61. The first kappa shape index (κ1) is 32.2. The third-order valence-electron chi connectivity index (χ3n) is 7.74. The Morgan fingerprint density at radius 1 is 1.00 bits per heavy atom. The number of hydrogen-bond donors (Lipinski definition) is 3. The molecule has 14 heteroatoms. The van der Waals surface area contributed by atoms with Crippen molar-refractivity contribution in [3.63, 3.8) is 0 Å². The van der Waals surface area contributed by atoms with Crippen molar-refractivity contribution in [3.05, 3.63) is 39.9 Å². The minimum atomic E-state index is -4.86. The number of nitrogens with zero attached hydrogens (tertiary/aromatic N) is 1. The Kier molecular flexibility index (Phi) is 9.17. The Morgan fingerprint density at radius 2 is 1.46 bits per heavy atom. The van der Waals surface area contributed by atoms with E-state index in [1.807, 2.05) is 67.7 Å². The fourth-order valence-electron chi connectivity index (χ4n) is 3.43. The molecule has 0 aliphatic carbocycles. The molecule has 1 saturated heterocycles. The number of nitro groups is 1. The lowest BCUT2D eigenvalue weighted by molar-refractivity contribution is -0.384. The molecule has 2 rings (SSSR count). The molecule has 0 aromatic heterocycles. The Morgan fingerprint density at radius 3 is 1.86 bits per heavy atom. The lowest BCUT2D eigenvalue weighted by Crippen LogP contribution is -2.56. The van der Waals surface area contributed by atoms with Gasteiger partial charge in [-0.3, -0.25) is 14.6 Å². The van der Waals surface area contributed by atoms with Crippen molar-refractivity contribution in [3.8, 4) is 0 Å². The lowest BCUT2D eigenvalue weighted by atomic mass is 9.97. The van der Waals surface area contributed by atoms with Gasteiger partial charge >= 0.3 is 7.82 Å². The smallest absolute Gasteiger partial charge is 0.408 e. The summed E-state index contributed by atoms with van der Waals surface area (Å²) in [6.45, 7) is 19.7. The number of aliphatic hydroxyl groups is 1. The topological polar surface area (TPSA) is 158 Å². The first-order chi connectivity index (χ1) is 16.4. The van der Waals surface area contributed by atoms with Crippen LogP contribution < -0.4 is 0 Å². The van der Waals surface area contributed by atoms with Crippen LogP contribution in [0.2, 0.25) is 36.3 Å². The normalized spacial score (nSPS) is 25.9. The van der Waals surface area contributed by atoms with Gasteiger partial charge in [-0.2, -0.15) is 0 Å². The number of benzene rings is 1. The summed E-state index contributed by atoms with van der Waals surface area (Å²) >= 11 is 0. The van der Waals surface area contributed by atoms with E-state index in [-0.39, 0.29) is 21.3 Å². The average Bonchev–Trinajstić information content (AvgIpc) is 2.96. The number of phosphoric acid groups is 1. The first-order valence-electron chi connectivity index (χ1n) is 12.1. The van der Waals surface area contributed by atoms with Crippen LogP contribution in [0.3, 0.4) is 0 Å². The van der Waals surface area contributed by atoms with E-state index in [1.165, 1.54) is 24.3 Å². The molecular formula is C23H42NO10PSi2. The largest absolute Gasteiger partial charge is 0.469 e. The van der Waals surface area contributed by atoms with Gasteiger partial charge in [0.15, 0.2) is 16.6 Å². The van der Waals surface area contributed by atoms with Crippen LogP contribution in [0.15, 0.2) is 24.3 Å². The molecule has 1 heterocycles. The van der Waals surface area contributed by atoms with Crippen LogP contribution in [0.5, 0.6) is 0 Å². The lowest BCUT2D eigenvalue weighted by Gasteiger charge is -2.45. The Hall–Kier alpha value is -0.996. The number of ether oxygens (including phenoxy) is 1. The van der Waals surface area contributed by atoms with E-state index in [2.05, 4.69) is 0 Å². The second-order valence-electron chi connectivity index (χ2n) is 12.6. The number of nitro benzene ring substituents is 1. The zero-order valence-electron chi connectivity index (χ0n) is 23.3. The minimum absolute atomic E-state index is 0.164. The molecule has 0 saturated carbocycles. The van der Waals surface area contributed by atoms with Gasteiger partial charge < -0.3 is 28.5 Å². The van der Waals surface area contributed by atoms with Crippen molar-refractivity contribution in [2.45, 2.75) is 102 Å². The summed E-state index contributed by atoms with van der Waals surface area (Å²) in [6.07, 6.45) is -3.15. The van der Waals surface area contributed by atoms with Gasteiger partial charge in [0.25, 0.3) is 5.69 Å². The molecule has 1 aromatic carbocycles. The Labute approximate surface area is 221 Å². The van der Waals surface area contributed by atoms with Crippen LogP contribution in [-0.2, 0) is 28.5 Å². The maximum atomic E-state index is 12.0. The van der Waals surface area contributed by atoms with Crippen LogP contribution >= 0.6 is 7.82 Å². The molecule has 0 spiro atoms. The average molecular weight is 580 g/mol. The van der Waals surface area contributed by atoms with E-state index in [0.29, 0.717) is 0 Å². The molecule has 1 aliphatic heterocycles. The van der Waals surface area contributed by atoms with E-state index in [9.17, 15) is 29.6 Å². The molecule has 1 aromatic rings. The molecule has 0 unspecified atom stereocenters. The van der Waals surface area contributed by atoms with Crippen molar-refractivity contribution in [1.29, 1.82) is 0 Å². The van der Waals surface area contributed by atoms with E-state index in [0.717, 1.165) is 0 Å². The highest BCUT2D eigenvalue weighted by Crippen LogP contribution is 2.49. The predicted octanol–water partition coefficient (Wildman–Crippen LogP) is 5.03. The molecule has 3 N–H and O–H groups in total. The third kappa shape index (κ3) is 7.35. The fraction of sp³-hybridized carbons (Fsp3) is 0.739. The molecular weight excluding hydrogens is 537 g/mol. The van der Waals surface area contributed by atoms with Gasteiger partial charge in [-0.05, 0) is 48.4 Å². The van der Waals surface area contributed by atoms with Gasteiger partial charge in [-0.25, -0.2) is 4.57 Å². The van der Waals surface area contributed by atoms with Gasteiger partial charge in [-0.15, -0.1) is 0 Å². The summed E-state index contributed by atoms with van der Waals surface area (Å²) in [5.41, 5.74) is 0.0342. The van der Waals surface area contributed by atoms with Crippen LogP contribution in [0, 0.1) is 10.1 Å². The Bertz CT molecular complexity index is 1020. The van der Waals surface area contributed by atoms with Gasteiger partial charge in [0.05, 0.1) is 11.5 Å². The first-order valence-corrected chi connectivity index (χ1v) is 19.5. The number of non-ortho nitro benzene ring substituents is 1. The fourth-order valence-corrected chi connectivity index (χ4v) is 6.36. The molecule has 1 fully saturated rings. The second kappa shape index (κ2) is 10.5. The second-order valence-corrected chi connectivity index (χ2v) is 23.3. The summed E-state index contributed by atoms with van der Waals surface area (Å²) in [6, 6.07) is 5.28. The maximum absolute atomic E-state index is 12.0. The van der Waals surface area contributed by atoms with Crippen molar-refractivity contribution in [2.24, 2.45) is 0 Å². The summed E-state index contributed by atoms with van der Waals surface area (Å²) in [5, 5.41) is 22.7. The maximum Gasteiger partial charge on any atom is 0.469 e. The molecule has 37 heavy (non-hydrogen) atoms. The van der Waals surface area contributed by atoms with Gasteiger partial charge in [0.1, 0.15) is 18.3 Å². The summed E-state index contributed by atoms with van der Waals surface area (Å²) in [5.74, 6) is -2.12. The van der Waals surface area contributed by atoms with E-state index in [1.54, 1.807) is 0 Å². The highest BCUT2D eigenvalue weighted by atomic mass is 31.2. The van der Waals surface area contributed by atoms with Crippen LogP contribution in [0.25, 0.3) is 0 Å². The summed E-state index contributed by atoms with van der Waals surface area (Å²) in [4.78, 5) is 29.4. The van der Waals surface area contributed by atoms with Gasteiger partial charge in [0, 0.05) is 17.7 Å². The van der Waals surface area contributed by atoms with E-state index in [4.69, 9.17) is 18.1 Å². The standard InChI is InChI=1S/C23H42NO10PSi2/c1-21(2,3)36(7,8)33-19-18(15-31-35(28,29)30)32-23(25,16-11-13-17(14-12-16)24(26)27)20(19)34-37(9,10)22(4,5)6/h11-14,18-20,25H,15H2,1-10H3,(H2,28,29,30)/t18-,19-,20-,23-/m1/s1. The molecule has 0 amide bonds. The zero-order valence-corrected chi connectivity index (χ0v) is 26.2. The van der Waals surface area contributed by atoms with Crippen LogP contribution in [0.1, 0.15) is 47.1 Å². The zero-order chi connectivity index (χ0) is 28.8. The molecule has 0 radical (unpaired) electrons. The SMILES string of the molecule is CC(C)(C)[Si](C)(C)O[C@H]1[C@@H](O[Si](C)(C)C(C)(C)C)[C@@](O)(c2ccc([N+](=O)[O-])cc2)O[C@@H]1COP(=O)(O)O. The summed E-state index contributed by atoms with van der Waals surface area (Å²) in [7, 11) is -9.97. The van der Waals surface area contributed by atoms with E-state index < -0.39 is 60.1 Å². The van der Waals surface area contributed by atoms with Gasteiger partial charge in [0.2, 0.25) is 5.79 Å². The number of rotatable bonds is 9. The molecule has 11 nitrogen and oxygen atoms in total. The monoisotopic (exact) mass is 579 g/mol. The summed E-state index contributed by atoms with van der Waals surface area (Å²) < 4.78 is 35.9. The molecule has 212 valence electrons. The van der Waals surface area contributed by atoms with Gasteiger partial charge in [-0.1, -0.05) is 41.5 Å². The van der Waals surface area contributed by atoms with E-state index >= 15 is 0 Å². The Balaban J connectivity index is 2.69. The molecule has 0 bridgehead atoms. The number of phosphoric ester groups is 1. The minimum Gasteiger partial charge on any atom is -0.408 e. The highest BCUT2D eigenvalue weighted by molar-refractivity contribution is 7.46. The van der Waals surface area contributed by atoms with Crippen molar-refractivity contribution in [2.75, 3.05) is 6.61 Å². The van der Waals surface area contributed by atoms with Crippen LogP contribution in [-0.4, -0.2) is 61.4 Å². The molecule has 1 aliphatic rings. The number of hydrogen-bond acceptors (Lipinski definition) is 8. The quantitative estimate of drug-likeness (QED) is 0.157. The molecule has 4 atom stereocenters. The van der Waals surface area contributed by atoms with Crippen molar-refractivity contribution >= 4 is 30.1 Å². The van der Waals surface area contributed by atoms with Crippen molar-refractivity contribution < 1.29 is 42.5 Å². The third-order valence-corrected chi connectivity index (χ3v) is 17.2. The van der Waals surface area contributed by atoms with Crippen molar-refractivity contribution in [1.82, 2.24) is 0 Å².